The highest BCUT2D eigenvalue weighted by molar-refractivity contribution is 5.91. The van der Waals surface area contributed by atoms with E-state index in [4.69, 9.17) is 32.8 Å². The van der Waals surface area contributed by atoms with Crippen molar-refractivity contribution >= 4 is 11.0 Å². The van der Waals surface area contributed by atoms with Crippen LogP contribution in [0.25, 0.3) is 22.3 Å². The van der Waals surface area contributed by atoms with Gasteiger partial charge in [-0.25, -0.2) is 0 Å². The van der Waals surface area contributed by atoms with Gasteiger partial charge in [-0.15, -0.1) is 0 Å². The van der Waals surface area contributed by atoms with E-state index < -0.39 is 133 Å². The maximum Gasteiger partial charge on any atom is 0.238 e. The molecule has 0 amide bonds. The van der Waals surface area contributed by atoms with Crippen LogP contribution in [-0.2, 0) is 18.9 Å². The monoisotopic (exact) mass is 756 g/mol. The Hall–Kier alpha value is -3.87. The molecule has 0 radical (unpaired) electrons. The molecular formula is C33H40O20. The molecule has 1 aromatic heterocycles. The van der Waals surface area contributed by atoms with Crippen molar-refractivity contribution in [3.63, 3.8) is 0 Å². The number of rotatable bonds is 8. The summed E-state index contributed by atoms with van der Waals surface area (Å²) in [6.45, 7) is 1.57. The molecule has 4 heterocycles. The van der Waals surface area contributed by atoms with Crippen LogP contribution in [0.3, 0.4) is 0 Å². The Morgan fingerprint density at radius 2 is 1.40 bits per heavy atom. The molecule has 53 heavy (non-hydrogen) atoms. The first-order chi connectivity index (χ1) is 25.0. The molecule has 0 spiro atoms. The number of aliphatic hydroxyl groups is 9. The highest BCUT2D eigenvalue weighted by Gasteiger charge is 2.50. The number of phenols is 2. The van der Waals surface area contributed by atoms with Crippen molar-refractivity contribution in [2.75, 3.05) is 13.2 Å². The number of hydrogen-bond donors (Lipinski definition) is 12. The van der Waals surface area contributed by atoms with Crippen molar-refractivity contribution in [1.29, 1.82) is 0 Å². The van der Waals surface area contributed by atoms with Crippen molar-refractivity contribution < 1.29 is 94.1 Å². The van der Waals surface area contributed by atoms with Crippen LogP contribution in [0.1, 0.15) is 12.5 Å². The third-order valence-electron chi connectivity index (χ3n) is 9.41. The zero-order chi connectivity index (χ0) is 38.6. The number of ether oxygens (including phenoxy) is 6. The summed E-state index contributed by atoms with van der Waals surface area (Å²) in [5.41, 5.74) is -1.45. The van der Waals surface area contributed by atoms with E-state index in [-0.39, 0.29) is 28.2 Å². The molecule has 3 aromatic rings. The normalized spacial score (nSPS) is 36.4. The molecule has 6 rings (SSSR count). The lowest BCUT2D eigenvalue weighted by Gasteiger charge is -2.44. The number of phenolic OH excluding ortho intramolecular Hbond substituents is 2. The van der Waals surface area contributed by atoms with Gasteiger partial charge >= 0.3 is 0 Å². The summed E-state index contributed by atoms with van der Waals surface area (Å²) < 4.78 is 39.0. The van der Waals surface area contributed by atoms with Gasteiger partial charge in [-0.3, -0.25) is 4.79 Å². The van der Waals surface area contributed by atoms with Crippen LogP contribution in [-0.4, -0.2) is 161 Å². The fourth-order valence-electron chi connectivity index (χ4n) is 6.24. The summed E-state index contributed by atoms with van der Waals surface area (Å²) in [5.74, 6) is -3.25. The first-order valence-electron chi connectivity index (χ1n) is 16.4. The predicted molar refractivity (Wildman–Crippen MR) is 172 cm³/mol. The zero-order valence-corrected chi connectivity index (χ0v) is 27.9. The van der Waals surface area contributed by atoms with Crippen LogP contribution in [0.5, 0.6) is 28.7 Å². The number of hydrogen-bond acceptors (Lipinski definition) is 20. The summed E-state index contributed by atoms with van der Waals surface area (Å²) in [4.78, 5) is 13.4. The Bertz CT molecular complexity index is 1850. The van der Waals surface area contributed by atoms with E-state index in [2.05, 4.69) is 0 Å². The van der Waals surface area contributed by atoms with Crippen LogP contribution in [0, 0.1) is 6.92 Å². The van der Waals surface area contributed by atoms with Crippen LogP contribution in [0.4, 0.5) is 0 Å². The Balaban J connectivity index is 1.28. The smallest absolute Gasteiger partial charge is 0.238 e. The maximum absolute atomic E-state index is 13.4. The third kappa shape index (κ3) is 7.10. The second-order valence-corrected chi connectivity index (χ2v) is 13.0. The lowest BCUT2D eigenvalue weighted by atomic mass is 9.98. The predicted octanol–water partition coefficient (Wildman–Crippen LogP) is -3.27. The Morgan fingerprint density at radius 3 is 2.09 bits per heavy atom. The zero-order valence-electron chi connectivity index (χ0n) is 27.9. The van der Waals surface area contributed by atoms with Gasteiger partial charge in [-0.2, -0.15) is 0 Å². The van der Waals surface area contributed by atoms with Crippen LogP contribution >= 0.6 is 0 Å². The van der Waals surface area contributed by atoms with E-state index in [1.54, 1.807) is 0 Å². The number of aliphatic hydroxyl groups excluding tert-OH is 9. The van der Waals surface area contributed by atoms with E-state index in [9.17, 15) is 66.1 Å². The average molecular weight is 757 g/mol. The number of aromatic hydroxyl groups is 3. The second-order valence-electron chi connectivity index (χ2n) is 13.0. The van der Waals surface area contributed by atoms with Crippen molar-refractivity contribution in [1.82, 2.24) is 0 Å². The Morgan fingerprint density at radius 1 is 0.755 bits per heavy atom. The topological polar surface area (TPSA) is 328 Å². The lowest BCUT2D eigenvalue weighted by molar-refractivity contribution is -0.339. The van der Waals surface area contributed by atoms with Crippen LogP contribution in [0.15, 0.2) is 33.5 Å². The number of fused-ring (bicyclic) bond motifs is 1. The van der Waals surface area contributed by atoms with Gasteiger partial charge in [-0.1, -0.05) is 0 Å². The standard InChI is InChI=1S/C33H40O20/c1-9-15(49-33-27(46)24(43)30(17(7-34)51-33)53-31-25(44)20(39)14(37)8-47-31)6-13(36)18-21(40)23(42)29(52-28(9)18)11-3-4-12(35)16(5-11)50-32-26(45)22(41)19(38)10(2)48-32/h3-6,10,14,17,19-20,22,24-27,30-39,41-46H,7-8H2,1-2H3. The summed E-state index contributed by atoms with van der Waals surface area (Å²) in [6.07, 6.45) is -22.2. The van der Waals surface area contributed by atoms with Gasteiger partial charge in [0, 0.05) is 17.2 Å². The van der Waals surface area contributed by atoms with E-state index in [0.717, 1.165) is 18.2 Å². The van der Waals surface area contributed by atoms with Gasteiger partial charge in [0.15, 0.2) is 23.5 Å². The first kappa shape index (κ1) is 38.8. The molecule has 0 bridgehead atoms. The fourth-order valence-corrected chi connectivity index (χ4v) is 6.24. The van der Waals surface area contributed by atoms with Crippen LogP contribution < -0.4 is 14.9 Å². The van der Waals surface area contributed by atoms with E-state index in [1.165, 1.54) is 19.9 Å². The molecule has 12 N–H and O–H groups in total. The molecule has 20 heteroatoms. The SMILES string of the molecule is Cc1c(OC2OC(CO)C(OC3OCC(O)C(O)C3O)C(O)C2O)cc(O)c2c(=O)c(O)c(-c3ccc(O)c(OC4OC(C)C(O)C(O)C4O)c3)oc12. The Labute approximate surface area is 298 Å². The van der Waals surface area contributed by atoms with Crippen molar-refractivity contribution in [3.8, 4) is 40.1 Å². The minimum absolute atomic E-state index is 0.0159. The van der Waals surface area contributed by atoms with Gasteiger partial charge in [-0.05, 0) is 32.0 Å². The minimum Gasteiger partial charge on any atom is -0.507 e. The quantitative estimate of drug-likeness (QED) is 0.107. The van der Waals surface area contributed by atoms with Crippen molar-refractivity contribution in [2.45, 2.75) is 99.9 Å². The van der Waals surface area contributed by atoms with Gasteiger partial charge < -0.3 is 94.1 Å². The molecule has 292 valence electrons. The Kier molecular flexibility index (Phi) is 11.1. The van der Waals surface area contributed by atoms with E-state index in [1.807, 2.05) is 0 Å². The fraction of sp³-hybridized carbons (Fsp3) is 0.545. The molecule has 3 aliphatic rings. The average Bonchev–Trinajstić information content (AvgIpc) is 3.13. The maximum atomic E-state index is 13.4. The molecule has 3 fully saturated rings. The van der Waals surface area contributed by atoms with Gasteiger partial charge in [0.05, 0.1) is 19.3 Å². The molecule has 3 saturated heterocycles. The summed E-state index contributed by atoms with van der Waals surface area (Å²) in [7, 11) is 0. The molecule has 20 nitrogen and oxygen atoms in total. The first-order valence-corrected chi connectivity index (χ1v) is 16.4. The van der Waals surface area contributed by atoms with Crippen molar-refractivity contribution in [3.05, 3.63) is 40.1 Å². The van der Waals surface area contributed by atoms with E-state index in [0.29, 0.717) is 0 Å². The minimum atomic E-state index is -1.91. The lowest BCUT2D eigenvalue weighted by Crippen LogP contribution is -2.63. The molecule has 14 unspecified atom stereocenters. The molecule has 0 saturated carbocycles. The summed E-state index contributed by atoms with van der Waals surface area (Å²) in [5, 5.41) is 124. The number of aryl methyl sites for hydroxylation is 1. The van der Waals surface area contributed by atoms with Gasteiger partial charge in [0.1, 0.15) is 83.5 Å². The van der Waals surface area contributed by atoms with Crippen LogP contribution in [0.2, 0.25) is 0 Å². The molecular weight excluding hydrogens is 716 g/mol. The second kappa shape index (κ2) is 15.1. The number of benzene rings is 2. The van der Waals surface area contributed by atoms with Crippen molar-refractivity contribution in [2.24, 2.45) is 0 Å². The highest BCUT2D eigenvalue weighted by atomic mass is 16.7. The highest BCUT2D eigenvalue weighted by Crippen LogP contribution is 2.42. The summed E-state index contributed by atoms with van der Waals surface area (Å²) in [6, 6.07) is 4.42. The van der Waals surface area contributed by atoms with E-state index >= 15 is 0 Å². The third-order valence-corrected chi connectivity index (χ3v) is 9.41. The van der Waals surface area contributed by atoms with Gasteiger partial charge in [0.2, 0.25) is 23.8 Å². The van der Waals surface area contributed by atoms with Gasteiger partial charge in [0.25, 0.3) is 0 Å². The largest absolute Gasteiger partial charge is 0.507 e. The molecule has 14 atom stereocenters. The molecule has 0 aliphatic carbocycles. The summed E-state index contributed by atoms with van der Waals surface area (Å²) >= 11 is 0. The molecule has 2 aromatic carbocycles. The molecule has 3 aliphatic heterocycles.